The van der Waals surface area contributed by atoms with Crippen molar-refractivity contribution in [2.45, 2.75) is 45.7 Å². The number of hydrogen-bond donors (Lipinski definition) is 4. The summed E-state index contributed by atoms with van der Waals surface area (Å²) >= 11 is 0. The Hall–Kier alpha value is -4.12. The number of nitrogens with two attached hydrogens (primary N) is 2. The average molecular weight is 476 g/mol. The van der Waals surface area contributed by atoms with Crippen molar-refractivity contribution in [1.82, 2.24) is 10.6 Å². The van der Waals surface area contributed by atoms with E-state index in [0.29, 0.717) is 12.8 Å². The zero-order valence-corrected chi connectivity index (χ0v) is 20.4. The van der Waals surface area contributed by atoms with Crippen molar-refractivity contribution in [3.63, 3.8) is 0 Å². The highest BCUT2D eigenvalue weighted by molar-refractivity contribution is 5.92. The number of carbonyl (C=O) groups excluding carboxylic acids is 3. The summed E-state index contributed by atoms with van der Waals surface area (Å²) in [5.41, 5.74) is 13.5. The van der Waals surface area contributed by atoms with Crippen LogP contribution in [0.15, 0.2) is 59.6 Å². The Morgan fingerprint density at radius 3 is 2.09 bits per heavy atom. The second-order valence-corrected chi connectivity index (χ2v) is 8.66. The van der Waals surface area contributed by atoms with Crippen LogP contribution in [0.1, 0.15) is 43.9 Å². The summed E-state index contributed by atoms with van der Waals surface area (Å²) in [4.78, 5) is 40.9. The molecular formula is C27H33N5O3. The van der Waals surface area contributed by atoms with Crippen LogP contribution in [0.5, 0.6) is 0 Å². The van der Waals surface area contributed by atoms with Crippen LogP contribution in [0.2, 0.25) is 0 Å². The van der Waals surface area contributed by atoms with Gasteiger partial charge in [-0.05, 0) is 55.5 Å². The molecular weight excluding hydrogens is 442 g/mol. The molecule has 0 heterocycles. The van der Waals surface area contributed by atoms with Gasteiger partial charge in [0, 0.05) is 11.1 Å². The van der Waals surface area contributed by atoms with E-state index in [9.17, 15) is 14.4 Å². The predicted octanol–water partition coefficient (Wildman–Crippen LogP) is 1.51. The molecule has 2 aromatic carbocycles. The van der Waals surface area contributed by atoms with Gasteiger partial charge in [-0.2, -0.15) is 0 Å². The number of Topliss-reactive ketones (excluding diaryl/α,β-unsaturated/α-hetero) is 1. The molecule has 2 atom stereocenters. The lowest BCUT2D eigenvalue weighted by Crippen LogP contribution is -2.47. The van der Waals surface area contributed by atoms with Crippen molar-refractivity contribution < 1.29 is 14.4 Å². The molecule has 8 nitrogen and oxygen atoms in total. The minimum Gasteiger partial charge on any atom is -0.370 e. The summed E-state index contributed by atoms with van der Waals surface area (Å²) in [5.74, 6) is 5.08. The molecule has 0 spiro atoms. The van der Waals surface area contributed by atoms with E-state index in [0.717, 1.165) is 16.7 Å². The van der Waals surface area contributed by atoms with Crippen LogP contribution in [0.25, 0.3) is 0 Å². The van der Waals surface area contributed by atoms with Gasteiger partial charge in [-0.15, -0.1) is 0 Å². The molecule has 8 heteroatoms. The molecule has 0 aromatic heterocycles. The van der Waals surface area contributed by atoms with Crippen LogP contribution in [0.4, 0.5) is 0 Å². The van der Waals surface area contributed by atoms with Crippen molar-refractivity contribution in [2.24, 2.45) is 22.4 Å². The fourth-order valence-electron chi connectivity index (χ4n) is 3.30. The quantitative estimate of drug-likeness (QED) is 0.234. The molecule has 0 fully saturated rings. The lowest BCUT2D eigenvalue weighted by Gasteiger charge is -2.18. The lowest BCUT2D eigenvalue weighted by molar-refractivity contribution is -0.128. The Kier molecular flexibility index (Phi) is 10.5. The van der Waals surface area contributed by atoms with E-state index in [1.54, 1.807) is 0 Å². The van der Waals surface area contributed by atoms with Gasteiger partial charge in [0.05, 0.1) is 12.6 Å². The van der Waals surface area contributed by atoms with Gasteiger partial charge in [0.2, 0.25) is 11.8 Å². The van der Waals surface area contributed by atoms with Crippen LogP contribution in [-0.4, -0.2) is 42.2 Å². The molecule has 0 saturated heterocycles. The third-order valence-corrected chi connectivity index (χ3v) is 5.07. The average Bonchev–Trinajstić information content (AvgIpc) is 2.81. The van der Waals surface area contributed by atoms with E-state index < -0.39 is 23.9 Å². The number of amides is 2. The Morgan fingerprint density at radius 1 is 0.943 bits per heavy atom. The predicted molar refractivity (Wildman–Crippen MR) is 137 cm³/mol. The highest BCUT2D eigenvalue weighted by atomic mass is 16.2. The number of benzene rings is 2. The summed E-state index contributed by atoms with van der Waals surface area (Å²) in [7, 11) is 0. The van der Waals surface area contributed by atoms with Gasteiger partial charge in [0.25, 0.3) is 0 Å². The number of ketones is 1. The SMILES string of the molecule is CC(=O)[C@H](Cc1ccc(C#Cc2ccccc2)cc1)NC(=O)CNC(=O)[C@@H](CC(C)C)N=C(N)N. The molecule has 2 rings (SSSR count). The molecule has 2 amide bonds. The third-order valence-electron chi connectivity index (χ3n) is 5.07. The number of nitrogens with one attached hydrogen (secondary N) is 2. The smallest absolute Gasteiger partial charge is 0.245 e. The minimum absolute atomic E-state index is 0.181. The first-order chi connectivity index (χ1) is 16.6. The molecule has 0 radical (unpaired) electrons. The standard InChI is InChI=1S/C27H33N5O3/c1-18(2)15-24(32-27(28)29)26(35)30-17-25(34)31-23(19(3)33)16-22-13-11-21(12-14-22)10-9-20-7-5-4-6-8-20/h4-8,11-14,18,23-24H,15-17H2,1-3H3,(H,30,35)(H,31,34)(H4,28,29,32)/t23-,24+/m0/s1. The van der Waals surface area contributed by atoms with Crippen LogP contribution in [0.3, 0.4) is 0 Å². The van der Waals surface area contributed by atoms with Crippen LogP contribution < -0.4 is 22.1 Å². The minimum atomic E-state index is -0.778. The normalized spacial score (nSPS) is 12.0. The lowest BCUT2D eigenvalue weighted by atomic mass is 10.0. The van der Waals surface area contributed by atoms with Crippen LogP contribution in [0, 0.1) is 17.8 Å². The topological polar surface area (TPSA) is 140 Å². The van der Waals surface area contributed by atoms with Crippen molar-refractivity contribution in [2.75, 3.05) is 6.54 Å². The molecule has 0 aliphatic rings. The molecule has 6 N–H and O–H groups in total. The molecule has 2 aromatic rings. The summed E-state index contributed by atoms with van der Waals surface area (Å²) < 4.78 is 0. The van der Waals surface area contributed by atoms with E-state index in [-0.39, 0.29) is 24.2 Å². The number of nitrogens with zero attached hydrogens (tertiary/aromatic N) is 1. The fourth-order valence-corrected chi connectivity index (χ4v) is 3.30. The maximum Gasteiger partial charge on any atom is 0.245 e. The van der Waals surface area contributed by atoms with Crippen molar-refractivity contribution in [3.8, 4) is 11.8 Å². The number of hydrogen-bond acceptors (Lipinski definition) is 4. The molecule has 0 aliphatic carbocycles. The molecule has 0 bridgehead atoms. The van der Waals surface area contributed by atoms with Crippen molar-refractivity contribution >= 4 is 23.6 Å². The first kappa shape index (κ1) is 27.1. The zero-order valence-electron chi connectivity index (χ0n) is 20.4. The largest absolute Gasteiger partial charge is 0.370 e. The van der Waals surface area contributed by atoms with Gasteiger partial charge >= 0.3 is 0 Å². The molecule has 35 heavy (non-hydrogen) atoms. The summed E-state index contributed by atoms with van der Waals surface area (Å²) in [6, 6.07) is 15.7. The van der Waals surface area contributed by atoms with E-state index in [1.165, 1.54) is 6.92 Å². The highest BCUT2D eigenvalue weighted by Crippen LogP contribution is 2.09. The molecule has 0 aliphatic heterocycles. The molecule has 0 saturated carbocycles. The van der Waals surface area contributed by atoms with Gasteiger partial charge in [-0.25, -0.2) is 4.99 Å². The zero-order chi connectivity index (χ0) is 25.8. The van der Waals surface area contributed by atoms with Crippen molar-refractivity contribution in [1.29, 1.82) is 0 Å². The number of guanidine groups is 1. The van der Waals surface area contributed by atoms with Gasteiger partial charge in [-0.1, -0.05) is 56.0 Å². The number of carbonyl (C=O) groups is 3. The third kappa shape index (κ3) is 10.1. The maximum atomic E-state index is 12.4. The Bertz CT molecular complexity index is 1100. The van der Waals surface area contributed by atoms with E-state index >= 15 is 0 Å². The van der Waals surface area contributed by atoms with Crippen LogP contribution >= 0.6 is 0 Å². The van der Waals surface area contributed by atoms with Crippen molar-refractivity contribution in [3.05, 3.63) is 71.3 Å². The second-order valence-electron chi connectivity index (χ2n) is 8.66. The van der Waals surface area contributed by atoms with Crippen LogP contribution in [-0.2, 0) is 20.8 Å². The van der Waals surface area contributed by atoms with Gasteiger partial charge in [0.15, 0.2) is 11.7 Å². The van der Waals surface area contributed by atoms with E-state index in [4.69, 9.17) is 11.5 Å². The summed E-state index contributed by atoms with van der Waals surface area (Å²) in [6.45, 7) is 5.01. The fraction of sp³-hybridized carbons (Fsp3) is 0.333. The highest BCUT2D eigenvalue weighted by Gasteiger charge is 2.22. The molecule has 0 unspecified atom stereocenters. The monoisotopic (exact) mass is 475 g/mol. The summed E-state index contributed by atoms with van der Waals surface area (Å²) in [6.07, 6.45) is 0.762. The Balaban J connectivity index is 1.94. The van der Waals surface area contributed by atoms with Gasteiger partial charge in [0.1, 0.15) is 6.04 Å². The molecule has 184 valence electrons. The maximum absolute atomic E-state index is 12.4. The number of aliphatic imine (C=N–C) groups is 1. The van der Waals surface area contributed by atoms with Gasteiger partial charge in [-0.3, -0.25) is 14.4 Å². The Labute approximate surface area is 206 Å². The van der Waals surface area contributed by atoms with Gasteiger partial charge < -0.3 is 22.1 Å². The van der Waals surface area contributed by atoms with E-state index in [1.807, 2.05) is 68.4 Å². The van der Waals surface area contributed by atoms with E-state index in [2.05, 4.69) is 27.5 Å². The summed E-state index contributed by atoms with van der Waals surface area (Å²) in [5, 5.41) is 5.23. The first-order valence-electron chi connectivity index (χ1n) is 11.5. The number of rotatable bonds is 10. The Morgan fingerprint density at radius 2 is 1.54 bits per heavy atom. The first-order valence-corrected chi connectivity index (χ1v) is 11.5. The second kappa shape index (κ2) is 13.6.